The maximum absolute atomic E-state index is 11.6. The fourth-order valence-corrected chi connectivity index (χ4v) is 2.63. The summed E-state index contributed by atoms with van der Waals surface area (Å²) in [7, 11) is 0. The van der Waals surface area contributed by atoms with Crippen molar-refractivity contribution in [3.05, 3.63) is 24.3 Å². The molecule has 0 aliphatic carbocycles. The van der Waals surface area contributed by atoms with Gasteiger partial charge < -0.3 is 14.8 Å². The minimum atomic E-state index is -0.158. The molecule has 1 heterocycles. The topological polar surface area (TPSA) is 47.6 Å². The predicted molar refractivity (Wildman–Crippen MR) is 87.4 cm³/mol. The van der Waals surface area contributed by atoms with Crippen LogP contribution in [0, 0.1) is 0 Å². The quantitative estimate of drug-likeness (QED) is 0.429. The maximum atomic E-state index is 11.6. The van der Waals surface area contributed by atoms with Gasteiger partial charge in [-0.1, -0.05) is 19.8 Å². The first kappa shape index (κ1) is 16.8. The second-order valence-electron chi connectivity index (χ2n) is 5.83. The molecule has 2 rings (SSSR count). The molecule has 0 bridgehead atoms. The van der Waals surface area contributed by atoms with Gasteiger partial charge in [0.2, 0.25) is 0 Å². The second-order valence-corrected chi connectivity index (χ2v) is 5.83. The number of unbranched alkanes of at least 4 members (excludes halogenated alkanes) is 2. The van der Waals surface area contributed by atoms with E-state index in [4.69, 9.17) is 9.47 Å². The van der Waals surface area contributed by atoms with Crippen LogP contribution in [0.3, 0.4) is 0 Å². The van der Waals surface area contributed by atoms with Gasteiger partial charge in [-0.05, 0) is 56.5 Å². The lowest BCUT2D eigenvalue weighted by atomic mass is 10.2. The molecule has 22 heavy (non-hydrogen) atoms. The van der Waals surface area contributed by atoms with E-state index in [2.05, 4.69) is 12.2 Å². The normalized spacial score (nSPS) is 17.4. The smallest absolute Gasteiger partial charge is 0.311 e. The number of carbonyl (C=O) groups excluding carboxylic acids is 1. The van der Waals surface area contributed by atoms with Crippen LogP contribution in [0.5, 0.6) is 11.5 Å². The Morgan fingerprint density at radius 1 is 1.23 bits per heavy atom. The molecule has 1 aliphatic heterocycles. The lowest BCUT2D eigenvalue weighted by Gasteiger charge is -2.11. The third-order valence-corrected chi connectivity index (χ3v) is 3.94. The molecule has 4 nitrogen and oxygen atoms in total. The molecule has 1 aliphatic rings. The Bertz CT molecular complexity index is 438. The average Bonchev–Trinajstić information content (AvgIpc) is 3.03. The van der Waals surface area contributed by atoms with E-state index >= 15 is 0 Å². The summed E-state index contributed by atoms with van der Waals surface area (Å²) in [6.45, 7) is 3.96. The second kappa shape index (κ2) is 9.46. The monoisotopic (exact) mass is 305 g/mol. The molecular formula is C18H27NO3. The summed E-state index contributed by atoms with van der Waals surface area (Å²) in [6, 6.07) is 7.90. The Kier molecular flexibility index (Phi) is 7.23. The lowest BCUT2D eigenvalue weighted by Crippen LogP contribution is -2.23. The van der Waals surface area contributed by atoms with Gasteiger partial charge in [-0.25, -0.2) is 0 Å². The first-order valence-electron chi connectivity index (χ1n) is 8.45. The van der Waals surface area contributed by atoms with Crippen molar-refractivity contribution in [3.8, 4) is 11.5 Å². The number of carbonyl (C=O) groups is 1. The van der Waals surface area contributed by atoms with Gasteiger partial charge in [-0.3, -0.25) is 4.79 Å². The van der Waals surface area contributed by atoms with E-state index in [1.165, 1.54) is 12.8 Å². The summed E-state index contributed by atoms with van der Waals surface area (Å²) < 4.78 is 11.0. The van der Waals surface area contributed by atoms with Crippen LogP contribution < -0.4 is 14.8 Å². The van der Waals surface area contributed by atoms with Crippen LogP contribution in [0.25, 0.3) is 0 Å². The zero-order valence-corrected chi connectivity index (χ0v) is 13.5. The van der Waals surface area contributed by atoms with Gasteiger partial charge in [-0.15, -0.1) is 0 Å². The molecule has 1 saturated heterocycles. The summed E-state index contributed by atoms with van der Waals surface area (Å²) >= 11 is 0. The number of esters is 1. The van der Waals surface area contributed by atoms with Gasteiger partial charge in [0.25, 0.3) is 0 Å². The molecule has 122 valence electrons. The summed E-state index contributed by atoms with van der Waals surface area (Å²) in [5, 5.41) is 3.46. The fourth-order valence-electron chi connectivity index (χ4n) is 2.63. The summed E-state index contributed by atoms with van der Waals surface area (Å²) in [4.78, 5) is 11.6. The van der Waals surface area contributed by atoms with Crippen molar-refractivity contribution in [1.82, 2.24) is 5.32 Å². The number of hydrogen-bond donors (Lipinski definition) is 1. The SMILES string of the molecule is CCCCCC(=O)Oc1ccc(OCCC2CCCN2)cc1. The summed E-state index contributed by atoms with van der Waals surface area (Å²) in [5.41, 5.74) is 0. The zero-order valence-electron chi connectivity index (χ0n) is 13.5. The Morgan fingerprint density at radius 2 is 2.00 bits per heavy atom. The van der Waals surface area contributed by atoms with Crippen molar-refractivity contribution < 1.29 is 14.3 Å². The number of rotatable bonds is 9. The summed E-state index contributed by atoms with van der Waals surface area (Å²) in [6.07, 6.45) is 7.10. The van der Waals surface area contributed by atoms with Crippen molar-refractivity contribution in [2.45, 2.75) is 57.9 Å². The number of ether oxygens (including phenoxy) is 2. The first-order valence-corrected chi connectivity index (χ1v) is 8.45. The van der Waals surface area contributed by atoms with Crippen LogP contribution in [0.15, 0.2) is 24.3 Å². The van der Waals surface area contributed by atoms with Crippen LogP contribution >= 0.6 is 0 Å². The zero-order chi connectivity index (χ0) is 15.6. The molecule has 0 aromatic heterocycles. The highest BCUT2D eigenvalue weighted by molar-refractivity contribution is 5.72. The van der Waals surface area contributed by atoms with E-state index in [9.17, 15) is 4.79 Å². The standard InChI is InChI=1S/C18H27NO3/c1-2-3-4-7-18(20)22-17-10-8-16(9-11-17)21-14-12-15-6-5-13-19-15/h8-11,15,19H,2-7,12-14H2,1H3. The Labute approximate surface area is 133 Å². The molecule has 1 atom stereocenters. The van der Waals surface area contributed by atoms with Crippen molar-refractivity contribution in [3.63, 3.8) is 0 Å². The van der Waals surface area contributed by atoms with E-state index in [-0.39, 0.29) is 5.97 Å². The predicted octanol–water partition coefficient (Wildman–Crippen LogP) is 3.69. The Balaban J connectivity index is 1.67. The Morgan fingerprint density at radius 3 is 2.68 bits per heavy atom. The van der Waals surface area contributed by atoms with Crippen molar-refractivity contribution >= 4 is 5.97 Å². The van der Waals surface area contributed by atoms with E-state index in [1.54, 1.807) is 12.1 Å². The molecule has 4 heteroatoms. The fraction of sp³-hybridized carbons (Fsp3) is 0.611. The molecule has 1 fully saturated rings. The van der Waals surface area contributed by atoms with E-state index in [1.807, 2.05) is 12.1 Å². The van der Waals surface area contributed by atoms with Gasteiger partial charge in [0.05, 0.1) is 6.61 Å². The molecule has 1 N–H and O–H groups in total. The largest absolute Gasteiger partial charge is 0.494 e. The van der Waals surface area contributed by atoms with Gasteiger partial charge in [0.15, 0.2) is 0 Å². The van der Waals surface area contributed by atoms with Crippen molar-refractivity contribution in [2.24, 2.45) is 0 Å². The molecule has 1 aromatic rings. The number of nitrogens with one attached hydrogen (secondary N) is 1. The third-order valence-electron chi connectivity index (χ3n) is 3.94. The highest BCUT2D eigenvalue weighted by Gasteiger charge is 2.13. The van der Waals surface area contributed by atoms with Gasteiger partial charge in [0, 0.05) is 12.5 Å². The Hall–Kier alpha value is -1.55. The number of benzene rings is 1. The highest BCUT2D eigenvalue weighted by Crippen LogP contribution is 2.19. The molecule has 0 amide bonds. The van der Waals surface area contributed by atoms with Gasteiger partial charge in [0.1, 0.15) is 11.5 Å². The van der Waals surface area contributed by atoms with Crippen LogP contribution in [0.4, 0.5) is 0 Å². The van der Waals surface area contributed by atoms with Crippen molar-refractivity contribution in [2.75, 3.05) is 13.2 Å². The molecule has 0 saturated carbocycles. The molecular weight excluding hydrogens is 278 g/mol. The van der Waals surface area contributed by atoms with Crippen LogP contribution in [0.2, 0.25) is 0 Å². The van der Waals surface area contributed by atoms with Crippen LogP contribution in [-0.4, -0.2) is 25.2 Å². The minimum Gasteiger partial charge on any atom is -0.494 e. The average molecular weight is 305 g/mol. The summed E-state index contributed by atoms with van der Waals surface area (Å²) in [5.74, 6) is 1.25. The molecule has 0 radical (unpaired) electrons. The van der Waals surface area contributed by atoms with Gasteiger partial charge in [-0.2, -0.15) is 0 Å². The molecule has 1 aromatic carbocycles. The van der Waals surface area contributed by atoms with Crippen LogP contribution in [0.1, 0.15) is 51.9 Å². The minimum absolute atomic E-state index is 0.158. The maximum Gasteiger partial charge on any atom is 0.311 e. The molecule has 1 unspecified atom stereocenters. The lowest BCUT2D eigenvalue weighted by molar-refractivity contribution is -0.134. The van der Waals surface area contributed by atoms with Crippen molar-refractivity contribution in [1.29, 1.82) is 0 Å². The number of hydrogen-bond acceptors (Lipinski definition) is 4. The van der Waals surface area contributed by atoms with E-state index in [0.29, 0.717) is 24.8 Å². The first-order chi connectivity index (χ1) is 10.8. The van der Waals surface area contributed by atoms with Gasteiger partial charge >= 0.3 is 5.97 Å². The van der Waals surface area contributed by atoms with Crippen LogP contribution in [-0.2, 0) is 4.79 Å². The van der Waals surface area contributed by atoms with E-state index < -0.39 is 0 Å². The third kappa shape index (κ3) is 6.06. The van der Waals surface area contributed by atoms with E-state index in [0.717, 1.165) is 38.0 Å². The molecule has 0 spiro atoms. The highest BCUT2D eigenvalue weighted by atomic mass is 16.5.